The Morgan fingerprint density at radius 1 is 1.14 bits per heavy atom. The number of aromatic nitrogens is 2. The molecule has 0 aliphatic rings. The molecule has 6 nitrogen and oxygen atoms in total. The molecule has 1 heterocycles. The molecule has 0 bridgehead atoms. The number of nitrogens with zero attached hydrogens (tertiary/aromatic N) is 2. The van der Waals surface area contributed by atoms with Gasteiger partial charge in [0.2, 0.25) is 5.91 Å². The van der Waals surface area contributed by atoms with Crippen LogP contribution in [0.4, 0.5) is 5.69 Å². The third-order valence-electron chi connectivity index (χ3n) is 4.09. The molecule has 0 fully saturated rings. The van der Waals surface area contributed by atoms with E-state index in [2.05, 4.69) is 15.5 Å². The van der Waals surface area contributed by atoms with Crippen molar-refractivity contribution in [2.75, 3.05) is 5.32 Å². The maximum Gasteiger partial charge on any atom is 0.277 e. The standard InChI is InChI=1S/C21H23N3O3S/c1-13-6-5-7-17(11-13)26-12-19-23-24-21(27-19)28-16(4)20(25)22-18-9-8-14(2)10-15(18)3/h5-11,16H,12H2,1-4H3,(H,22,25)/t16-/m0/s1. The molecule has 1 atom stereocenters. The minimum atomic E-state index is -0.383. The van der Waals surface area contributed by atoms with Crippen LogP contribution in [0.2, 0.25) is 0 Å². The van der Waals surface area contributed by atoms with Gasteiger partial charge in [-0.25, -0.2) is 0 Å². The van der Waals surface area contributed by atoms with E-state index in [1.54, 1.807) is 6.92 Å². The SMILES string of the molecule is Cc1cccc(OCc2nnc(S[C@@H](C)C(=O)Nc3ccc(C)cc3C)o2)c1. The van der Waals surface area contributed by atoms with E-state index in [-0.39, 0.29) is 17.8 Å². The summed E-state index contributed by atoms with van der Waals surface area (Å²) in [6.07, 6.45) is 0. The molecule has 1 N–H and O–H groups in total. The fraction of sp³-hybridized carbons (Fsp3) is 0.286. The first kappa shape index (κ1) is 19.9. The van der Waals surface area contributed by atoms with Crippen molar-refractivity contribution in [1.82, 2.24) is 10.2 Å². The number of hydrogen-bond acceptors (Lipinski definition) is 6. The molecular weight excluding hydrogens is 374 g/mol. The van der Waals surface area contributed by atoms with Crippen molar-refractivity contribution in [3.05, 3.63) is 65.0 Å². The number of ether oxygens (including phenoxy) is 1. The number of hydrogen-bond donors (Lipinski definition) is 1. The Morgan fingerprint density at radius 3 is 2.68 bits per heavy atom. The van der Waals surface area contributed by atoms with Crippen LogP contribution in [0.1, 0.15) is 29.5 Å². The molecule has 0 radical (unpaired) electrons. The second-order valence-electron chi connectivity index (χ2n) is 6.63. The van der Waals surface area contributed by atoms with E-state index in [1.807, 2.05) is 63.2 Å². The summed E-state index contributed by atoms with van der Waals surface area (Å²) in [6.45, 7) is 7.97. The lowest BCUT2D eigenvalue weighted by Crippen LogP contribution is -2.22. The third kappa shape index (κ3) is 5.36. The van der Waals surface area contributed by atoms with E-state index in [0.29, 0.717) is 11.1 Å². The monoisotopic (exact) mass is 397 g/mol. The number of thioether (sulfide) groups is 1. The van der Waals surface area contributed by atoms with Gasteiger partial charge in [0, 0.05) is 5.69 Å². The van der Waals surface area contributed by atoms with Gasteiger partial charge in [-0.2, -0.15) is 0 Å². The number of benzene rings is 2. The van der Waals surface area contributed by atoms with Gasteiger partial charge in [-0.3, -0.25) is 4.79 Å². The van der Waals surface area contributed by atoms with Crippen molar-refractivity contribution in [2.24, 2.45) is 0 Å². The van der Waals surface area contributed by atoms with Crippen LogP contribution >= 0.6 is 11.8 Å². The maximum atomic E-state index is 12.5. The molecule has 146 valence electrons. The molecule has 0 aliphatic heterocycles. The zero-order valence-corrected chi connectivity index (χ0v) is 17.2. The fourth-order valence-corrected chi connectivity index (χ4v) is 3.29. The number of anilines is 1. The summed E-state index contributed by atoms with van der Waals surface area (Å²) < 4.78 is 11.2. The lowest BCUT2D eigenvalue weighted by atomic mass is 10.1. The second kappa shape index (κ2) is 8.93. The van der Waals surface area contributed by atoms with Gasteiger partial charge in [-0.05, 0) is 57.0 Å². The Bertz CT molecular complexity index is 971. The maximum absolute atomic E-state index is 12.5. The van der Waals surface area contributed by atoms with E-state index in [1.165, 1.54) is 11.8 Å². The Hall–Kier alpha value is -2.80. The highest BCUT2D eigenvalue weighted by molar-refractivity contribution is 8.00. The number of carbonyl (C=O) groups excluding carboxylic acids is 1. The normalized spacial score (nSPS) is 11.9. The van der Waals surface area contributed by atoms with Gasteiger partial charge in [0.25, 0.3) is 11.1 Å². The molecule has 2 aromatic carbocycles. The van der Waals surface area contributed by atoms with Crippen LogP contribution in [0.3, 0.4) is 0 Å². The summed E-state index contributed by atoms with van der Waals surface area (Å²) >= 11 is 1.22. The van der Waals surface area contributed by atoms with Crippen molar-refractivity contribution in [3.63, 3.8) is 0 Å². The predicted octanol–water partition coefficient (Wildman–Crippen LogP) is 4.69. The van der Waals surface area contributed by atoms with E-state index in [9.17, 15) is 4.79 Å². The van der Waals surface area contributed by atoms with Crippen LogP contribution in [-0.2, 0) is 11.4 Å². The summed E-state index contributed by atoms with van der Waals surface area (Å²) in [7, 11) is 0. The molecule has 1 amide bonds. The smallest absolute Gasteiger partial charge is 0.277 e. The summed E-state index contributed by atoms with van der Waals surface area (Å²) in [6, 6.07) is 13.6. The molecule has 3 rings (SSSR count). The van der Waals surface area contributed by atoms with E-state index >= 15 is 0 Å². The van der Waals surface area contributed by atoms with Crippen molar-refractivity contribution in [1.29, 1.82) is 0 Å². The molecule has 0 spiro atoms. The van der Waals surface area contributed by atoms with Crippen LogP contribution in [0, 0.1) is 20.8 Å². The summed E-state index contributed by atoms with van der Waals surface area (Å²) in [5.74, 6) is 0.993. The van der Waals surface area contributed by atoms with E-state index in [4.69, 9.17) is 9.15 Å². The van der Waals surface area contributed by atoms with Crippen LogP contribution in [-0.4, -0.2) is 21.4 Å². The zero-order valence-electron chi connectivity index (χ0n) is 16.4. The van der Waals surface area contributed by atoms with Gasteiger partial charge in [0.15, 0.2) is 6.61 Å². The van der Waals surface area contributed by atoms with Crippen molar-refractivity contribution in [2.45, 2.75) is 44.8 Å². The van der Waals surface area contributed by atoms with Crippen molar-refractivity contribution < 1.29 is 13.9 Å². The largest absolute Gasteiger partial charge is 0.484 e. The third-order valence-corrected chi connectivity index (χ3v) is 5.02. The predicted molar refractivity (Wildman–Crippen MR) is 110 cm³/mol. The van der Waals surface area contributed by atoms with Gasteiger partial charge in [0.05, 0.1) is 5.25 Å². The van der Waals surface area contributed by atoms with Gasteiger partial charge in [-0.1, -0.05) is 41.6 Å². The lowest BCUT2D eigenvalue weighted by Gasteiger charge is -2.12. The highest BCUT2D eigenvalue weighted by Crippen LogP contribution is 2.24. The van der Waals surface area contributed by atoms with Crippen LogP contribution in [0.5, 0.6) is 5.75 Å². The molecule has 1 aromatic heterocycles. The Labute approximate surface area is 168 Å². The minimum absolute atomic E-state index is 0.118. The van der Waals surface area contributed by atoms with Crippen LogP contribution in [0.15, 0.2) is 52.1 Å². The molecule has 0 saturated heterocycles. The first-order valence-corrected chi connectivity index (χ1v) is 9.85. The zero-order chi connectivity index (χ0) is 20.1. The highest BCUT2D eigenvalue weighted by atomic mass is 32.2. The first-order valence-electron chi connectivity index (χ1n) is 8.97. The molecule has 0 aliphatic carbocycles. The average molecular weight is 398 g/mol. The molecular formula is C21H23N3O3S. The summed E-state index contributed by atoms with van der Waals surface area (Å²) in [5.41, 5.74) is 4.10. The van der Waals surface area contributed by atoms with Gasteiger partial charge in [0.1, 0.15) is 5.75 Å². The first-order chi connectivity index (χ1) is 13.4. The van der Waals surface area contributed by atoms with E-state index < -0.39 is 0 Å². The van der Waals surface area contributed by atoms with Crippen molar-refractivity contribution in [3.8, 4) is 5.75 Å². The second-order valence-corrected chi connectivity index (χ2v) is 7.93. The lowest BCUT2D eigenvalue weighted by molar-refractivity contribution is -0.115. The minimum Gasteiger partial charge on any atom is -0.484 e. The number of nitrogens with one attached hydrogen (secondary N) is 1. The summed E-state index contributed by atoms with van der Waals surface area (Å²) in [4.78, 5) is 12.5. The number of rotatable bonds is 7. The number of aryl methyl sites for hydroxylation is 3. The van der Waals surface area contributed by atoms with Crippen molar-refractivity contribution >= 4 is 23.4 Å². The van der Waals surface area contributed by atoms with Gasteiger partial charge >= 0.3 is 0 Å². The average Bonchev–Trinajstić information content (AvgIpc) is 3.09. The van der Waals surface area contributed by atoms with E-state index in [0.717, 1.165) is 28.1 Å². The molecule has 3 aromatic rings. The van der Waals surface area contributed by atoms with Gasteiger partial charge in [-0.15, -0.1) is 10.2 Å². The summed E-state index contributed by atoms with van der Waals surface area (Å²) in [5, 5.41) is 10.9. The Balaban J connectivity index is 1.54. The molecule has 28 heavy (non-hydrogen) atoms. The van der Waals surface area contributed by atoms with Gasteiger partial charge < -0.3 is 14.5 Å². The number of carbonyl (C=O) groups is 1. The van der Waals surface area contributed by atoms with Crippen LogP contribution in [0.25, 0.3) is 0 Å². The Kier molecular flexibility index (Phi) is 6.36. The highest BCUT2D eigenvalue weighted by Gasteiger charge is 2.19. The molecule has 0 saturated carbocycles. The Morgan fingerprint density at radius 2 is 1.93 bits per heavy atom. The number of amides is 1. The molecule has 7 heteroatoms. The fourth-order valence-electron chi connectivity index (χ4n) is 2.59. The quantitative estimate of drug-likeness (QED) is 0.583. The van der Waals surface area contributed by atoms with Crippen LogP contribution < -0.4 is 10.1 Å². The molecule has 0 unspecified atom stereocenters. The topological polar surface area (TPSA) is 77.2 Å².